The van der Waals surface area contributed by atoms with Gasteiger partial charge in [0.2, 0.25) is 0 Å². The molecule has 0 aromatic carbocycles. The molecular formula is C18H22N4O3Si. The molecule has 0 radical (unpaired) electrons. The van der Waals surface area contributed by atoms with Gasteiger partial charge in [-0.15, -0.1) is 0 Å². The van der Waals surface area contributed by atoms with Gasteiger partial charge in [0, 0.05) is 38.7 Å². The van der Waals surface area contributed by atoms with Crippen LogP contribution in [0.25, 0.3) is 22.3 Å². The second-order valence-corrected chi connectivity index (χ2v) is 12.9. The molecule has 0 atom stereocenters. The molecule has 0 aliphatic heterocycles. The lowest BCUT2D eigenvalue weighted by Crippen LogP contribution is -2.22. The summed E-state index contributed by atoms with van der Waals surface area (Å²) in [6.45, 7) is 7.94. The summed E-state index contributed by atoms with van der Waals surface area (Å²) in [6.07, 6.45) is 4.76. The van der Waals surface area contributed by atoms with Crippen molar-refractivity contribution in [2.24, 2.45) is 0 Å². The molecule has 0 amide bonds. The van der Waals surface area contributed by atoms with Crippen molar-refractivity contribution in [3.63, 3.8) is 0 Å². The third kappa shape index (κ3) is 3.97. The van der Waals surface area contributed by atoms with Crippen LogP contribution in [0.2, 0.25) is 25.7 Å². The quantitative estimate of drug-likeness (QED) is 0.506. The third-order valence-electron chi connectivity index (χ3n) is 4.06. The lowest BCUT2D eigenvalue weighted by molar-refractivity contribution is 0.0699. The molecule has 3 aromatic heterocycles. The molecule has 136 valence electrons. The van der Waals surface area contributed by atoms with Gasteiger partial charge in [-0.2, -0.15) is 5.10 Å². The predicted octanol–water partition coefficient (Wildman–Crippen LogP) is 3.50. The predicted molar refractivity (Wildman–Crippen MR) is 102 cm³/mol. The van der Waals surface area contributed by atoms with Gasteiger partial charge in [0.05, 0.1) is 16.8 Å². The summed E-state index contributed by atoms with van der Waals surface area (Å²) in [5.74, 6) is -0.988. The van der Waals surface area contributed by atoms with Crippen LogP contribution in [0, 0.1) is 0 Å². The van der Waals surface area contributed by atoms with Gasteiger partial charge >= 0.3 is 5.97 Å². The Morgan fingerprint density at radius 1 is 1.15 bits per heavy atom. The van der Waals surface area contributed by atoms with Crippen molar-refractivity contribution < 1.29 is 14.6 Å². The number of carboxylic acids is 1. The van der Waals surface area contributed by atoms with Crippen LogP contribution in [-0.2, 0) is 11.5 Å². The minimum absolute atomic E-state index is 0.205. The summed E-state index contributed by atoms with van der Waals surface area (Å²) < 4.78 is 7.51. The number of ether oxygens (including phenoxy) is 1. The highest BCUT2D eigenvalue weighted by Gasteiger charge is 2.16. The number of nitrogens with zero attached hydrogens (tertiary/aromatic N) is 4. The van der Waals surface area contributed by atoms with E-state index in [0.29, 0.717) is 29.9 Å². The SMILES string of the molecule is C[Si](C)(C)CCOCn1nccc1-c1nccc2c(C(=O)O)ccnc12. The fourth-order valence-electron chi connectivity index (χ4n) is 2.62. The number of pyridine rings is 2. The van der Waals surface area contributed by atoms with Crippen molar-refractivity contribution in [3.05, 3.63) is 42.4 Å². The van der Waals surface area contributed by atoms with Gasteiger partial charge in [-0.25, -0.2) is 9.48 Å². The van der Waals surface area contributed by atoms with E-state index in [1.165, 1.54) is 12.3 Å². The molecule has 8 heteroatoms. The average Bonchev–Trinajstić information content (AvgIpc) is 3.05. The van der Waals surface area contributed by atoms with Gasteiger partial charge < -0.3 is 9.84 Å². The van der Waals surface area contributed by atoms with Crippen LogP contribution in [0.5, 0.6) is 0 Å². The van der Waals surface area contributed by atoms with Crippen LogP contribution in [0.15, 0.2) is 36.8 Å². The monoisotopic (exact) mass is 370 g/mol. The number of carbonyl (C=O) groups is 1. The maximum atomic E-state index is 11.5. The summed E-state index contributed by atoms with van der Waals surface area (Å²) in [5, 5.41) is 14.2. The molecule has 1 N–H and O–H groups in total. The summed E-state index contributed by atoms with van der Waals surface area (Å²) >= 11 is 0. The Labute approximate surface area is 152 Å². The molecule has 26 heavy (non-hydrogen) atoms. The Morgan fingerprint density at radius 2 is 1.92 bits per heavy atom. The average molecular weight is 370 g/mol. The maximum Gasteiger partial charge on any atom is 0.336 e. The van der Waals surface area contributed by atoms with E-state index in [1.54, 1.807) is 23.1 Å². The summed E-state index contributed by atoms with van der Waals surface area (Å²) in [6, 6.07) is 6.07. The zero-order valence-electron chi connectivity index (χ0n) is 15.1. The molecule has 0 fully saturated rings. The molecule has 3 heterocycles. The first-order chi connectivity index (χ1) is 12.4. The highest BCUT2D eigenvalue weighted by molar-refractivity contribution is 6.76. The Morgan fingerprint density at radius 3 is 2.65 bits per heavy atom. The van der Waals surface area contributed by atoms with E-state index in [1.807, 2.05) is 6.07 Å². The number of aromatic carboxylic acids is 1. The molecule has 7 nitrogen and oxygen atoms in total. The van der Waals surface area contributed by atoms with Crippen LogP contribution in [0.3, 0.4) is 0 Å². The molecule has 3 aromatic rings. The fraction of sp³-hybridized carbons (Fsp3) is 0.333. The first-order valence-electron chi connectivity index (χ1n) is 8.44. The van der Waals surface area contributed by atoms with Crippen LogP contribution >= 0.6 is 0 Å². The highest BCUT2D eigenvalue weighted by atomic mass is 28.3. The minimum atomic E-state index is -1.14. The second kappa shape index (κ2) is 7.34. The second-order valence-electron chi connectivity index (χ2n) is 7.28. The minimum Gasteiger partial charge on any atom is -0.478 e. The first kappa shape index (κ1) is 18.2. The first-order valence-corrected chi connectivity index (χ1v) is 12.1. The summed E-state index contributed by atoms with van der Waals surface area (Å²) in [4.78, 5) is 20.2. The largest absolute Gasteiger partial charge is 0.478 e. The number of fused-ring (bicyclic) bond motifs is 1. The third-order valence-corrected chi connectivity index (χ3v) is 5.76. The number of hydrogen-bond acceptors (Lipinski definition) is 5. The molecule has 0 aliphatic carbocycles. The van der Waals surface area contributed by atoms with E-state index in [9.17, 15) is 9.90 Å². The van der Waals surface area contributed by atoms with E-state index in [2.05, 4.69) is 34.7 Å². The number of aromatic nitrogens is 4. The molecule has 0 aliphatic rings. The van der Waals surface area contributed by atoms with Crippen molar-refractivity contribution in [3.8, 4) is 11.4 Å². The number of carboxylic acid groups (broad SMARTS) is 1. The smallest absolute Gasteiger partial charge is 0.336 e. The molecule has 0 saturated carbocycles. The standard InChI is InChI=1S/C18H22N4O3Si/c1-26(2,3)11-10-25-12-22-15(6-9-21-22)17-16-13(4-7-20-17)14(18(23)24)5-8-19-16/h4-9H,10-12H2,1-3H3,(H,23,24). The zero-order valence-corrected chi connectivity index (χ0v) is 16.1. The normalized spacial score (nSPS) is 11.8. The van der Waals surface area contributed by atoms with Crippen molar-refractivity contribution in [1.29, 1.82) is 0 Å². The Bertz CT molecular complexity index is 934. The summed E-state index contributed by atoms with van der Waals surface area (Å²) in [7, 11) is -1.14. The Balaban J connectivity index is 1.90. The van der Waals surface area contributed by atoms with Gasteiger partial charge in [-0.05, 0) is 24.2 Å². The molecule has 0 saturated heterocycles. The van der Waals surface area contributed by atoms with Crippen molar-refractivity contribution in [1.82, 2.24) is 19.7 Å². The lowest BCUT2D eigenvalue weighted by Gasteiger charge is -2.16. The summed E-state index contributed by atoms with van der Waals surface area (Å²) in [5.41, 5.74) is 2.09. The van der Waals surface area contributed by atoms with Gasteiger partial charge in [0.25, 0.3) is 0 Å². The van der Waals surface area contributed by atoms with E-state index >= 15 is 0 Å². The van der Waals surface area contributed by atoms with Crippen molar-refractivity contribution in [2.45, 2.75) is 32.4 Å². The van der Waals surface area contributed by atoms with Crippen LogP contribution in [-0.4, -0.2) is 45.5 Å². The number of rotatable bonds is 7. The van der Waals surface area contributed by atoms with Gasteiger partial charge in [-0.3, -0.25) is 9.97 Å². The van der Waals surface area contributed by atoms with E-state index < -0.39 is 14.0 Å². The van der Waals surface area contributed by atoms with E-state index in [0.717, 1.165) is 11.7 Å². The van der Waals surface area contributed by atoms with Crippen LogP contribution in [0.1, 0.15) is 10.4 Å². The van der Waals surface area contributed by atoms with Crippen LogP contribution in [0.4, 0.5) is 0 Å². The van der Waals surface area contributed by atoms with E-state index in [-0.39, 0.29) is 5.56 Å². The van der Waals surface area contributed by atoms with Crippen LogP contribution < -0.4 is 0 Å². The van der Waals surface area contributed by atoms with Gasteiger partial charge in [0.1, 0.15) is 12.4 Å². The Kier molecular flexibility index (Phi) is 5.15. The number of hydrogen-bond donors (Lipinski definition) is 1. The van der Waals surface area contributed by atoms with Crippen molar-refractivity contribution >= 4 is 24.9 Å². The highest BCUT2D eigenvalue weighted by Crippen LogP contribution is 2.26. The fourth-order valence-corrected chi connectivity index (χ4v) is 3.37. The van der Waals surface area contributed by atoms with Gasteiger partial charge in [-0.1, -0.05) is 19.6 Å². The topological polar surface area (TPSA) is 90.1 Å². The molecule has 3 rings (SSSR count). The molecule has 0 unspecified atom stereocenters. The van der Waals surface area contributed by atoms with Gasteiger partial charge in [0.15, 0.2) is 0 Å². The molecule has 0 bridgehead atoms. The molecular weight excluding hydrogens is 348 g/mol. The zero-order chi connectivity index (χ0) is 18.7. The Hall–Kier alpha value is -2.58. The van der Waals surface area contributed by atoms with Crippen molar-refractivity contribution in [2.75, 3.05) is 6.61 Å². The van der Waals surface area contributed by atoms with E-state index in [4.69, 9.17) is 4.74 Å². The molecule has 0 spiro atoms. The maximum absolute atomic E-state index is 11.5. The lowest BCUT2D eigenvalue weighted by atomic mass is 10.1.